The van der Waals surface area contributed by atoms with E-state index < -0.39 is 12.0 Å². The number of carbonyl (C=O) groups excluding carboxylic acids is 2. The number of nitrogens with one attached hydrogen (secondary N) is 1. The zero-order chi connectivity index (χ0) is 16.1. The number of anilines is 1. The van der Waals surface area contributed by atoms with E-state index >= 15 is 0 Å². The normalized spacial score (nSPS) is 16.3. The molecule has 120 valence electrons. The number of aromatic nitrogens is 1. The van der Waals surface area contributed by atoms with Crippen LogP contribution in [0.1, 0.15) is 39.0 Å². The number of hydrogen-bond acceptors (Lipinski definition) is 4. The molecule has 1 heterocycles. The Hall–Kier alpha value is -1.33. The van der Waals surface area contributed by atoms with Crippen LogP contribution in [-0.4, -0.2) is 23.0 Å². The lowest BCUT2D eigenvalue weighted by Crippen LogP contribution is -2.30. The van der Waals surface area contributed by atoms with Gasteiger partial charge in [0.1, 0.15) is 0 Å². The van der Waals surface area contributed by atoms with Crippen LogP contribution in [0.4, 0.5) is 5.82 Å². The summed E-state index contributed by atoms with van der Waals surface area (Å²) >= 11 is 11.7. The van der Waals surface area contributed by atoms with Gasteiger partial charge in [0.2, 0.25) is 0 Å². The van der Waals surface area contributed by atoms with E-state index in [1.54, 1.807) is 0 Å². The lowest BCUT2D eigenvalue weighted by atomic mass is 10.0. The number of halogens is 2. The van der Waals surface area contributed by atoms with Crippen LogP contribution in [0, 0.1) is 5.92 Å². The summed E-state index contributed by atoms with van der Waals surface area (Å²) in [5.41, 5.74) is 0. The fraction of sp³-hybridized carbons (Fsp3) is 0.533. The minimum Gasteiger partial charge on any atom is -0.453 e. The Bertz CT molecular complexity index is 560. The molecule has 1 aliphatic carbocycles. The number of pyridine rings is 1. The monoisotopic (exact) mass is 344 g/mol. The van der Waals surface area contributed by atoms with Crippen LogP contribution in [0.15, 0.2) is 12.3 Å². The van der Waals surface area contributed by atoms with E-state index in [2.05, 4.69) is 10.3 Å². The zero-order valence-electron chi connectivity index (χ0n) is 12.3. The molecule has 5 nitrogen and oxygen atoms in total. The lowest BCUT2D eigenvalue weighted by molar-refractivity contribution is -0.154. The Morgan fingerprint density at radius 1 is 1.41 bits per heavy atom. The first-order chi connectivity index (χ1) is 10.5. The maximum atomic E-state index is 12.0. The Kier molecular flexibility index (Phi) is 6.03. The second-order valence-corrected chi connectivity index (χ2v) is 6.30. The number of amides is 1. The number of ether oxygens (including phenoxy) is 1. The molecule has 22 heavy (non-hydrogen) atoms. The molecule has 1 saturated carbocycles. The van der Waals surface area contributed by atoms with Crippen LogP contribution in [0.25, 0.3) is 0 Å². The topological polar surface area (TPSA) is 68.3 Å². The number of carbonyl (C=O) groups is 2. The average molecular weight is 345 g/mol. The molecule has 1 fully saturated rings. The zero-order valence-corrected chi connectivity index (χ0v) is 13.8. The quantitative estimate of drug-likeness (QED) is 0.824. The van der Waals surface area contributed by atoms with E-state index in [-0.39, 0.29) is 16.8 Å². The summed E-state index contributed by atoms with van der Waals surface area (Å²) in [5.74, 6) is -0.244. The highest BCUT2D eigenvalue weighted by Crippen LogP contribution is 2.28. The molecular weight excluding hydrogens is 327 g/mol. The summed E-state index contributed by atoms with van der Waals surface area (Å²) in [7, 11) is 0. The molecule has 1 aromatic heterocycles. The highest BCUT2D eigenvalue weighted by atomic mass is 35.5. The predicted octanol–water partition coefficient (Wildman–Crippen LogP) is 3.84. The molecule has 0 bridgehead atoms. The van der Waals surface area contributed by atoms with Gasteiger partial charge in [0.15, 0.2) is 11.9 Å². The number of rotatable bonds is 5. The van der Waals surface area contributed by atoms with Crippen LogP contribution in [0.2, 0.25) is 10.0 Å². The highest BCUT2D eigenvalue weighted by molar-refractivity contribution is 6.36. The van der Waals surface area contributed by atoms with E-state index in [9.17, 15) is 9.59 Å². The average Bonchev–Trinajstić information content (AvgIpc) is 2.94. The van der Waals surface area contributed by atoms with Gasteiger partial charge in [0.05, 0.1) is 10.0 Å². The summed E-state index contributed by atoms with van der Waals surface area (Å²) in [4.78, 5) is 27.7. The van der Waals surface area contributed by atoms with Gasteiger partial charge in [-0.05, 0) is 31.7 Å². The second kappa shape index (κ2) is 7.79. The highest BCUT2D eigenvalue weighted by Gasteiger charge is 2.23. The maximum Gasteiger partial charge on any atom is 0.306 e. The van der Waals surface area contributed by atoms with Crippen LogP contribution in [-0.2, 0) is 14.3 Å². The van der Waals surface area contributed by atoms with E-state index in [0.717, 1.165) is 25.7 Å². The molecule has 1 aromatic rings. The molecular formula is C15H18Cl2N2O3. The molecule has 0 saturated heterocycles. The molecule has 0 aromatic carbocycles. The molecule has 1 N–H and O–H groups in total. The number of esters is 1. The van der Waals surface area contributed by atoms with Crippen LogP contribution in [0.5, 0.6) is 0 Å². The molecule has 1 aliphatic rings. The van der Waals surface area contributed by atoms with E-state index in [4.69, 9.17) is 27.9 Å². The number of hydrogen-bond donors (Lipinski definition) is 1. The van der Waals surface area contributed by atoms with Gasteiger partial charge in [-0.3, -0.25) is 9.59 Å². The predicted molar refractivity (Wildman–Crippen MR) is 85.0 cm³/mol. The summed E-state index contributed by atoms with van der Waals surface area (Å²) in [5, 5.41) is 3.12. The SMILES string of the molecule is CC(OC(=O)CC1CCCC1)C(=O)Nc1ncc(Cl)cc1Cl. The van der Waals surface area contributed by atoms with Crippen molar-refractivity contribution >= 4 is 40.9 Å². The fourth-order valence-corrected chi connectivity index (χ4v) is 2.90. The molecule has 0 aliphatic heterocycles. The largest absolute Gasteiger partial charge is 0.453 e. The van der Waals surface area contributed by atoms with Crippen LogP contribution >= 0.6 is 23.2 Å². The Morgan fingerprint density at radius 2 is 2.09 bits per heavy atom. The number of nitrogens with zero attached hydrogens (tertiary/aromatic N) is 1. The maximum absolute atomic E-state index is 12.0. The van der Waals surface area contributed by atoms with E-state index in [1.807, 2.05) is 0 Å². The summed E-state index contributed by atoms with van der Waals surface area (Å²) < 4.78 is 5.16. The smallest absolute Gasteiger partial charge is 0.306 e. The van der Waals surface area contributed by atoms with E-state index in [1.165, 1.54) is 19.2 Å². The van der Waals surface area contributed by atoms with Crippen molar-refractivity contribution in [3.63, 3.8) is 0 Å². The van der Waals surface area contributed by atoms with Crippen molar-refractivity contribution in [2.75, 3.05) is 5.32 Å². The molecule has 1 amide bonds. The standard InChI is InChI=1S/C15H18Cl2N2O3/c1-9(22-13(20)6-10-4-2-3-5-10)15(21)19-14-12(17)7-11(16)8-18-14/h7-10H,2-6H2,1H3,(H,18,19,21). The van der Waals surface area contributed by atoms with Crippen molar-refractivity contribution in [3.05, 3.63) is 22.3 Å². The molecule has 7 heteroatoms. The summed E-state index contributed by atoms with van der Waals surface area (Å²) in [6.07, 6.45) is 5.28. The van der Waals surface area contributed by atoms with Gasteiger partial charge < -0.3 is 10.1 Å². The van der Waals surface area contributed by atoms with Crippen LogP contribution in [0.3, 0.4) is 0 Å². The first kappa shape index (κ1) is 17.0. The van der Waals surface area contributed by atoms with Crippen molar-refractivity contribution < 1.29 is 14.3 Å². The minimum absolute atomic E-state index is 0.190. The molecule has 0 radical (unpaired) electrons. The third-order valence-electron chi connectivity index (χ3n) is 3.66. The van der Waals surface area contributed by atoms with Gasteiger partial charge in [-0.15, -0.1) is 0 Å². The van der Waals surface area contributed by atoms with E-state index in [0.29, 0.717) is 17.4 Å². The van der Waals surface area contributed by atoms with Gasteiger partial charge in [0.25, 0.3) is 5.91 Å². The van der Waals surface area contributed by atoms with Gasteiger partial charge >= 0.3 is 5.97 Å². The molecule has 0 spiro atoms. The fourth-order valence-electron chi connectivity index (χ4n) is 2.47. The first-order valence-corrected chi connectivity index (χ1v) is 8.02. The van der Waals surface area contributed by atoms with Crippen molar-refractivity contribution in [2.24, 2.45) is 5.92 Å². The Labute approximate surface area is 139 Å². The molecule has 1 unspecified atom stereocenters. The van der Waals surface area contributed by atoms with Crippen molar-refractivity contribution in [3.8, 4) is 0 Å². The Balaban J connectivity index is 1.84. The lowest BCUT2D eigenvalue weighted by Gasteiger charge is -2.15. The van der Waals surface area contributed by atoms with Crippen molar-refractivity contribution in [1.82, 2.24) is 4.98 Å². The third kappa shape index (κ3) is 4.85. The molecule has 2 rings (SSSR count). The van der Waals surface area contributed by atoms with Crippen LogP contribution < -0.4 is 5.32 Å². The van der Waals surface area contributed by atoms with Gasteiger partial charge in [-0.1, -0.05) is 36.0 Å². The summed E-state index contributed by atoms with van der Waals surface area (Å²) in [6.45, 7) is 1.52. The van der Waals surface area contributed by atoms with Gasteiger partial charge in [-0.2, -0.15) is 0 Å². The molecule has 1 atom stereocenters. The minimum atomic E-state index is -0.901. The second-order valence-electron chi connectivity index (χ2n) is 5.46. The first-order valence-electron chi connectivity index (χ1n) is 7.27. The van der Waals surface area contributed by atoms with Gasteiger partial charge in [-0.25, -0.2) is 4.98 Å². The third-order valence-corrected chi connectivity index (χ3v) is 4.15. The van der Waals surface area contributed by atoms with Gasteiger partial charge in [0, 0.05) is 12.6 Å². The van der Waals surface area contributed by atoms with Crippen molar-refractivity contribution in [1.29, 1.82) is 0 Å². The Morgan fingerprint density at radius 3 is 2.73 bits per heavy atom. The summed E-state index contributed by atoms with van der Waals surface area (Å²) in [6, 6.07) is 1.47. The van der Waals surface area contributed by atoms with Crippen molar-refractivity contribution in [2.45, 2.75) is 45.1 Å².